The van der Waals surface area contributed by atoms with Crippen molar-refractivity contribution in [2.75, 3.05) is 18.0 Å². The van der Waals surface area contributed by atoms with Crippen LogP contribution in [0.3, 0.4) is 0 Å². The lowest BCUT2D eigenvalue weighted by Crippen LogP contribution is -2.49. The smallest absolute Gasteiger partial charge is 0.258 e. The number of carbonyl (C=O) groups excluding carboxylic acids is 3. The molecule has 194 valence electrons. The largest absolute Gasteiger partial charge is 0.354 e. The zero-order valence-corrected chi connectivity index (χ0v) is 22.4. The first-order valence-electron chi connectivity index (χ1n) is 12.9. The average molecular weight is 520 g/mol. The van der Waals surface area contributed by atoms with Crippen molar-refractivity contribution in [3.63, 3.8) is 0 Å². The summed E-state index contributed by atoms with van der Waals surface area (Å²) >= 11 is 6.05. The predicted molar refractivity (Wildman–Crippen MR) is 149 cm³/mol. The van der Waals surface area contributed by atoms with Gasteiger partial charge in [0.2, 0.25) is 11.8 Å². The normalized spacial score (nSPS) is 13.3. The molecule has 0 radical (unpaired) electrons. The number of benzene rings is 3. The maximum atomic E-state index is 13.5. The van der Waals surface area contributed by atoms with Crippen molar-refractivity contribution in [2.24, 2.45) is 5.92 Å². The van der Waals surface area contributed by atoms with E-state index >= 15 is 0 Å². The fraction of sp³-hybridized carbons (Fsp3) is 0.367. The number of halogens is 1. The number of rotatable bonds is 11. The van der Waals surface area contributed by atoms with E-state index in [1.54, 1.807) is 21.9 Å². The molecule has 1 heterocycles. The van der Waals surface area contributed by atoms with Crippen molar-refractivity contribution < 1.29 is 14.4 Å². The Bertz CT molecular complexity index is 1280. The van der Waals surface area contributed by atoms with Crippen LogP contribution in [0.15, 0.2) is 60.7 Å². The third kappa shape index (κ3) is 5.96. The van der Waals surface area contributed by atoms with Crippen LogP contribution in [-0.4, -0.2) is 41.8 Å². The van der Waals surface area contributed by atoms with Crippen LogP contribution >= 0.6 is 11.6 Å². The first-order valence-corrected chi connectivity index (χ1v) is 13.3. The third-order valence-electron chi connectivity index (χ3n) is 6.76. The first kappa shape index (κ1) is 26.7. The second-order valence-corrected chi connectivity index (χ2v) is 10.4. The Balaban J connectivity index is 1.47. The van der Waals surface area contributed by atoms with Crippen LogP contribution in [0.2, 0.25) is 5.02 Å². The van der Waals surface area contributed by atoms with Crippen LogP contribution in [0.5, 0.6) is 0 Å². The van der Waals surface area contributed by atoms with Gasteiger partial charge < -0.3 is 15.1 Å². The summed E-state index contributed by atoms with van der Waals surface area (Å²) in [4.78, 5) is 43.1. The molecular weight excluding hydrogens is 486 g/mol. The summed E-state index contributed by atoms with van der Waals surface area (Å²) in [5.41, 5.74) is 2.50. The van der Waals surface area contributed by atoms with Crippen molar-refractivity contribution in [3.05, 3.63) is 76.8 Å². The van der Waals surface area contributed by atoms with Crippen molar-refractivity contribution in [1.82, 2.24) is 10.2 Å². The molecule has 1 N–H and O–H groups in total. The molecule has 0 spiro atoms. The average Bonchev–Trinajstić information content (AvgIpc) is 3.16. The lowest BCUT2D eigenvalue weighted by molar-refractivity contribution is -0.141. The van der Waals surface area contributed by atoms with Gasteiger partial charge in [0, 0.05) is 42.0 Å². The van der Waals surface area contributed by atoms with Gasteiger partial charge in [0.25, 0.3) is 5.91 Å². The maximum Gasteiger partial charge on any atom is 0.258 e. The minimum atomic E-state index is -0.576. The van der Waals surface area contributed by atoms with Crippen LogP contribution in [-0.2, 0) is 16.1 Å². The molecule has 0 bridgehead atoms. The molecule has 3 aromatic rings. The number of hydrogen-bond acceptors (Lipinski definition) is 3. The lowest BCUT2D eigenvalue weighted by Gasteiger charge is -2.31. The number of nitrogens with zero attached hydrogens (tertiary/aromatic N) is 2. The Morgan fingerprint density at radius 2 is 1.73 bits per heavy atom. The van der Waals surface area contributed by atoms with Crippen LogP contribution in [0, 0.1) is 5.92 Å². The minimum absolute atomic E-state index is 0.0308. The summed E-state index contributed by atoms with van der Waals surface area (Å²) in [7, 11) is 0. The van der Waals surface area contributed by atoms with Gasteiger partial charge >= 0.3 is 0 Å². The monoisotopic (exact) mass is 519 g/mol. The summed E-state index contributed by atoms with van der Waals surface area (Å²) in [5, 5.41) is 5.61. The van der Waals surface area contributed by atoms with Gasteiger partial charge in [0.15, 0.2) is 0 Å². The lowest BCUT2D eigenvalue weighted by atomic mass is 10.1. The highest BCUT2D eigenvalue weighted by atomic mass is 35.5. The van der Waals surface area contributed by atoms with E-state index in [0.717, 1.165) is 22.0 Å². The van der Waals surface area contributed by atoms with E-state index in [-0.39, 0.29) is 24.1 Å². The minimum Gasteiger partial charge on any atom is -0.354 e. The van der Waals surface area contributed by atoms with Crippen molar-refractivity contribution >= 4 is 45.8 Å². The predicted octanol–water partition coefficient (Wildman–Crippen LogP) is 5.81. The zero-order chi connectivity index (χ0) is 26.5. The van der Waals surface area contributed by atoms with E-state index in [0.29, 0.717) is 49.0 Å². The summed E-state index contributed by atoms with van der Waals surface area (Å²) < 4.78 is 0. The number of carbonyl (C=O) groups is 3. The van der Waals surface area contributed by atoms with Gasteiger partial charge in [-0.15, -0.1) is 0 Å². The number of hydrogen-bond donors (Lipinski definition) is 1. The third-order valence-corrected chi connectivity index (χ3v) is 7.01. The second-order valence-electron chi connectivity index (χ2n) is 9.95. The van der Waals surface area contributed by atoms with Crippen LogP contribution in [0.1, 0.15) is 56.0 Å². The maximum absolute atomic E-state index is 13.5. The first-order chi connectivity index (χ1) is 17.8. The topological polar surface area (TPSA) is 69.7 Å². The highest BCUT2D eigenvalue weighted by molar-refractivity contribution is 6.30. The van der Waals surface area contributed by atoms with Crippen molar-refractivity contribution in [1.29, 1.82) is 0 Å². The summed E-state index contributed by atoms with van der Waals surface area (Å²) in [6.45, 7) is 7.30. The molecule has 0 saturated heterocycles. The Labute approximate surface area is 223 Å². The Kier molecular flexibility index (Phi) is 8.49. The van der Waals surface area contributed by atoms with E-state index in [2.05, 4.69) is 5.32 Å². The molecule has 3 amide bonds. The summed E-state index contributed by atoms with van der Waals surface area (Å²) in [6.07, 6.45) is 1.24. The van der Waals surface area contributed by atoms with Crippen LogP contribution in [0.25, 0.3) is 10.8 Å². The van der Waals surface area contributed by atoms with E-state index in [9.17, 15) is 14.4 Å². The van der Waals surface area contributed by atoms with Gasteiger partial charge in [-0.1, -0.05) is 68.8 Å². The number of anilines is 1. The Morgan fingerprint density at radius 1 is 1.03 bits per heavy atom. The highest BCUT2D eigenvalue weighted by Crippen LogP contribution is 2.37. The molecule has 0 fully saturated rings. The molecule has 4 rings (SSSR count). The molecule has 37 heavy (non-hydrogen) atoms. The summed E-state index contributed by atoms with van der Waals surface area (Å²) in [5.74, 6) is 0.0319. The van der Waals surface area contributed by atoms with E-state index in [1.807, 2.05) is 69.3 Å². The molecule has 1 aliphatic heterocycles. The van der Waals surface area contributed by atoms with Gasteiger partial charge in [0.1, 0.15) is 6.04 Å². The van der Waals surface area contributed by atoms with Crippen LogP contribution < -0.4 is 10.2 Å². The fourth-order valence-electron chi connectivity index (χ4n) is 4.86. The van der Waals surface area contributed by atoms with Crippen LogP contribution in [0.4, 0.5) is 5.69 Å². The fourth-order valence-corrected chi connectivity index (χ4v) is 4.99. The summed E-state index contributed by atoms with van der Waals surface area (Å²) in [6, 6.07) is 18.4. The van der Waals surface area contributed by atoms with Gasteiger partial charge in [0.05, 0.1) is 5.69 Å². The quantitative estimate of drug-likeness (QED) is 0.347. The van der Waals surface area contributed by atoms with E-state index in [4.69, 9.17) is 11.6 Å². The molecule has 6 nitrogen and oxygen atoms in total. The van der Waals surface area contributed by atoms with Crippen molar-refractivity contribution in [2.45, 2.75) is 52.6 Å². The SMILES string of the molecule is CC[C@@H](C(=O)NCC(C)C)N(Cc1ccc(Cl)cc1)C(=O)CCCN1C(=O)c2cccc3cccc1c23. The standard InChI is InChI=1S/C30H34ClN3O3/c1-4-25(29(36)32-18-20(2)3)34(19-21-13-15-23(31)16-14-21)27(35)12-7-17-33-26-11-6-9-22-8-5-10-24(28(22)26)30(33)37/h5-6,8-11,13-16,20,25H,4,7,12,17-19H2,1-3H3,(H,32,36)/t25-/m0/s1. The Hall–Kier alpha value is -3.38. The second kappa shape index (κ2) is 11.8. The molecular formula is C30H34ClN3O3. The Morgan fingerprint density at radius 3 is 2.41 bits per heavy atom. The number of nitrogens with one attached hydrogen (secondary N) is 1. The van der Waals surface area contributed by atoms with E-state index in [1.165, 1.54) is 0 Å². The molecule has 0 aromatic heterocycles. The highest BCUT2D eigenvalue weighted by Gasteiger charge is 2.31. The zero-order valence-electron chi connectivity index (χ0n) is 21.7. The molecule has 1 aliphatic rings. The van der Waals surface area contributed by atoms with Crippen molar-refractivity contribution in [3.8, 4) is 0 Å². The molecule has 0 saturated carbocycles. The van der Waals surface area contributed by atoms with E-state index < -0.39 is 6.04 Å². The van der Waals surface area contributed by atoms with Gasteiger partial charge in [-0.3, -0.25) is 14.4 Å². The number of amides is 3. The van der Waals surface area contributed by atoms with Gasteiger partial charge in [-0.25, -0.2) is 0 Å². The molecule has 1 atom stereocenters. The molecule has 3 aromatic carbocycles. The van der Waals surface area contributed by atoms with Gasteiger partial charge in [-0.2, -0.15) is 0 Å². The van der Waals surface area contributed by atoms with Gasteiger partial charge in [-0.05, 0) is 54.0 Å². The molecule has 0 aliphatic carbocycles. The molecule has 7 heteroatoms. The molecule has 0 unspecified atom stereocenters.